The van der Waals surface area contributed by atoms with Crippen LogP contribution in [0.15, 0.2) is 29.6 Å². The first-order valence-electron chi connectivity index (χ1n) is 6.66. The summed E-state index contributed by atoms with van der Waals surface area (Å²) >= 11 is 7.82. The first-order valence-corrected chi connectivity index (χ1v) is 7.91. The summed E-state index contributed by atoms with van der Waals surface area (Å²) in [5.41, 5.74) is 1.55. The van der Waals surface area contributed by atoms with E-state index in [-0.39, 0.29) is 11.9 Å². The smallest absolute Gasteiger partial charge is 0.255 e. The van der Waals surface area contributed by atoms with E-state index in [1.165, 1.54) is 0 Å². The Balaban J connectivity index is 2.02. The Hall–Kier alpha value is -1.56. The number of hydrogen-bond donors (Lipinski definition) is 2. The van der Waals surface area contributed by atoms with Crippen molar-refractivity contribution in [2.75, 3.05) is 20.2 Å². The molecule has 6 heteroatoms. The number of carbonyl (C=O) groups is 1. The summed E-state index contributed by atoms with van der Waals surface area (Å²) < 4.78 is 5.57. The topological polar surface area (TPSA) is 50.4 Å². The minimum Gasteiger partial charge on any atom is -0.491 e. The normalized spacial score (nSPS) is 15.6. The molecule has 0 radical (unpaired) electrons. The lowest BCUT2D eigenvalue weighted by molar-refractivity contribution is 0.0957. The molecule has 2 N–H and O–H groups in total. The van der Waals surface area contributed by atoms with E-state index in [9.17, 15) is 4.79 Å². The molecule has 1 unspecified atom stereocenters. The summed E-state index contributed by atoms with van der Waals surface area (Å²) in [4.78, 5) is 13.1. The first kappa shape index (κ1) is 14.4. The molecular formula is C15H15ClN2O2S. The second-order valence-corrected chi connectivity index (χ2v) is 6.07. The Morgan fingerprint density at radius 3 is 3.00 bits per heavy atom. The van der Waals surface area contributed by atoms with Crippen molar-refractivity contribution in [3.8, 4) is 5.75 Å². The molecule has 4 nitrogen and oxygen atoms in total. The van der Waals surface area contributed by atoms with E-state index < -0.39 is 0 Å². The number of rotatable bonds is 3. The summed E-state index contributed by atoms with van der Waals surface area (Å²) in [5.74, 6) is 0.525. The lowest BCUT2D eigenvalue weighted by Gasteiger charge is -2.17. The van der Waals surface area contributed by atoms with Crippen LogP contribution in [0.3, 0.4) is 0 Å². The van der Waals surface area contributed by atoms with Gasteiger partial charge in [0.15, 0.2) is 0 Å². The van der Waals surface area contributed by atoms with Crippen molar-refractivity contribution in [1.82, 2.24) is 10.6 Å². The first-order chi connectivity index (χ1) is 10.2. The number of thiophene rings is 1. The zero-order chi connectivity index (χ0) is 14.8. The van der Waals surface area contributed by atoms with Crippen LogP contribution in [0.25, 0.3) is 0 Å². The highest BCUT2D eigenvalue weighted by Gasteiger charge is 2.21. The van der Waals surface area contributed by atoms with Gasteiger partial charge < -0.3 is 15.4 Å². The van der Waals surface area contributed by atoms with E-state index in [1.807, 2.05) is 36.7 Å². The second kappa shape index (κ2) is 6.05. The lowest BCUT2D eigenvalue weighted by Crippen LogP contribution is -2.24. The van der Waals surface area contributed by atoms with Crippen molar-refractivity contribution in [2.45, 2.75) is 6.04 Å². The molecule has 0 spiro atoms. The van der Waals surface area contributed by atoms with Crippen LogP contribution in [0.2, 0.25) is 5.02 Å². The number of amides is 1. The SMILES string of the molecule is CNC(c1ccc2c(c1)C(=O)NCCO2)c1sccc1Cl. The molecule has 1 aliphatic rings. The number of benzene rings is 1. The third-order valence-electron chi connectivity index (χ3n) is 3.42. The van der Waals surface area contributed by atoms with Crippen molar-refractivity contribution in [3.05, 3.63) is 50.7 Å². The molecule has 1 aliphatic heterocycles. The fraction of sp³-hybridized carbons (Fsp3) is 0.267. The Labute approximate surface area is 132 Å². The molecule has 0 saturated carbocycles. The third-order valence-corrected chi connectivity index (χ3v) is 4.85. The largest absolute Gasteiger partial charge is 0.491 e. The Morgan fingerprint density at radius 2 is 2.29 bits per heavy atom. The predicted molar refractivity (Wildman–Crippen MR) is 84.5 cm³/mol. The fourth-order valence-electron chi connectivity index (χ4n) is 2.41. The number of nitrogens with one attached hydrogen (secondary N) is 2. The highest BCUT2D eigenvalue weighted by atomic mass is 35.5. The van der Waals surface area contributed by atoms with Crippen molar-refractivity contribution in [3.63, 3.8) is 0 Å². The van der Waals surface area contributed by atoms with Crippen LogP contribution in [-0.2, 0) is 0 Å². The highest BCUT2D eigenvalue weighted by molar-refractivity contribution is 7.10. The third kappa shape index (κ3) is 2.77. The summed E-state index contributed by atoms with van der Waals surface area (Å²) in [6, 6.07) is 7.52. The molecule has 0 aliphatic carbocycles. The average Bonchev–Trinajstić information content (AvgIpc) is 2.82. The molecule has 110 valence electrons. The van der Waals surface area contributed by atoms with Gasteiger partial charge in [0.2, 0.25) is 0 Å². The van der Waals surface area contributed by atoms with Crippen molar-refractivity contribution in [2.24, 2.45) is 0 Å². The van der Waals surface area contributed by atoms with Crippen LogP contribution < -0.4 is 15.4 Å². The highest BCUT2D eigenvalue weighted by Crippen LogP contribution is 2.34. The van der Waals surface area contributed by atoms with Gasteiger partial charge in [0.05, 0.1) is 23.2 Å². The average molecular weight is 323 g/mol. The molecule has 2 heterocycles. The Bertz CT molecular complexity index is 671. The standard InChI is InChI=1S/C15H15ClN2O2S/c1-17-13(14-11(16)4-7-21-14)9-2-3-12-10(8-9)15(19)18-5-6-20-12/h2-4,7-8,13,17H,5-6H2,1H3,(H,18,19). The zero-order valence-electron chi connectivity index (χ0n) is 11.5. The van der Waals surface area contributed by atoms with E-state index >= 15 is 0 Å². The number of ether oxygens (including phenoxy) is 1. The van der Waals surface area contributed by atoms with Crippen LogP contribution in [0.1, 0.15) is 26.8 Å². The van der Waals surface area contributed by atoms with Crippen molar-refractivity contribution >= 4 is 28.8 Å². The molecular weight excluding hydrogens is 308 g/mol. The molecule has 2 aromatic rings. The molecule has 3 rings (SSSR count). The maximum absolute atomic E-state index is 12.1. The van der Waals surface area contributed by atoms with Crippen LogP contribution in [0.4, 0.5) is 0 Å². The summed E-state index contributed by atoms with van der Waals surface area (Å²) in [6.07, 6.45) is 0. The number of hydrogen-bond acceptors (Lipinski definition) is 4. The molecule has 1 amide bonds. The van der Waals surface area contributed by atoms with E-state index in [4.69, 9.17) is 16.3 Å². The molecule has 1 atom stereocenters. The van der Waals surface area contributed by atoms with Gasteiger partial charge in [-0.2, -0.15) is 0 Å². The molecule has 0 bridgehead atoms. The number of fused-ring (bicyclic) bond motifs is 1. The van der Waals surface area contributed by atoms with E-state index in [0.29, 0.717) is 24.5 Å². The Kier molecular flexibility index (Phi) is 4.14. The van der Waals surface area contributed by atoms with Gasteiger partial charge >= 0.3 is 0 Å². The van der Waals surface area contributed by atoms with Gasteiger partial charge in [-0.25, -0.2) is 0 Å². The van der Waals surface area contributed by atoms with Crippen molar-refractivity contribution in [1.29, 1.82) is 0 Å². The van der Waals surface area contributed by atoms with Crippen LogP contribution in [0.5, 0.6) is 5.75 Å². The van der Waals surface area contributed by atoms with Crippen LogP contribution in [0, 0.1) is 0 Å². The molecule has 1 aromatic carbocycles. The quantitative estimate of drug-likeness (QED) is 0.913. The second-order valence-electron chi connectivity index (χ2n) is 4.71. The van der Waals surface area contributed by atoms with Crippen molar-refractivity contribution < 1.29 is 9.53 Å². The molecule has 21 heavy (non-hydrogen) atoms. The minimum absolute atomic E-state index is 0.0427. The Morgan fingerprint density at radius 1 is 1.43 bits per heavy atom. The lowest BCUT2D eigenvalue weighted by atomic mass is 10.0. The maximum atomic E-state index is 12.1. The number of halogens is 1. The fourth-order valence-corrected chi connectivity index (χ4v) is 3.71. The van der Waals surface area contributed by atoms with E-state index in [2.05, 4.69) is 10.6 Å². The van der Waals surface area contributed by atoms with E-state index in [1.54, 1.807) is 11.3 Å². The van der Waals surface area contributed by atoms with Gasteiger partial charge in [-0.05, 0) is 36.2 Å². The number of carbonyl (C=O) groups excluding carboxylic acids is 1. The van der Waals surface area contributed by atoms with Gasteiger partial charge in [-0.1, -0.05) is 17.7 Å². The summed E-state index contributed by atoms with van der Waals surface area (Å²) in [7, 11) is 1.88. The van der Waals surface area contributed by atoms with Gasteiger partial charge in [-0.15, -0.1) is 11.3 Å². The van der Waals surface area contributed by atoms with Gasteiger partial charge in [0.25, 0.3) is 5.91 Å². The van der Waals surface area contributed by atoms with Gasteiger partial charge in [0.1, 0.15) is 12.4 Å². The molecule has 1 aromatic heterocycles. The monoisotopic (exact) mass is 322 g/mol. The minimum atomic E-state index is -0.100. The summed E-state index contributed by atoms with van der Waals surface area (Å²) in [5, 5.41) is 8.77. The van der Waals surface area contributed by atoms with Crippen LogP contribution in [-0.4, -0.2) is 26.1 Å². The molecule has 0 fully saturated rings. The van der Waals surface area contributed by atoms with E-state index in [0.717, 1.165) is 15.5 Å². The predicted octanol–water partition coefficient (Wildman–Crippen LogP) is 2.83. The van der Waals surface area contributed by atoms with Gasteiger partial charge in [0, 0.05) is 4.88 Å². The van der Waals surface area contributed by atoms with Gasteiger partial charge in [-0.3, -0.25) is 4.79 Å². The van der Waals surface area contributed by atoms with Crippen LogP contribution >= 0.6 is 22.9 Å². The zero-order valence-corrected chi connectivity index (χ0v) is 13.1. The molecule has 0 saturated heterocycles. The summed E-state index contributed by atoms with van der Waals surface area (Å²) in [6.45, 7) is 1.01. The maximum Gasteiger partial charge on any atom is 0.255 e.